The number of hydrogen-bond donors (Lipinski definition) is 2. The zero-order valence-electron chi connectivity index (χ0n) is 11.0. The van der Waals surface area contributed by atoms with Crippen LogP contribution in [0.25, 0.3) is 0 Å². The van der Waals surface area contributed by atoms with Crippen molar-refractivity contribution in [3.63, 3.8) is 0 Å². The molecule has 0 unspecified atom stereocenters. The number of sulfonamides is 1. The quantitative estimate of drug-likeness (QED) is 0.811. The van der Waals surface area contributed by atoms with Crippen molar-refractivity contribution >= 4 is 15.7 Å². The number of aryl methyl sites for hydroxylation is 1. The van der Waals surface area contributed by atoms with Gasteiger partial charge in [-0.1, -0.05) is 6.07 Å². The van der Waals surface area contributed by atoms with Gasteiger partial charge in [-0.3, -0.25) is 0 Å². The van der Waals surface area contributed by atoms with Gasteiger partial charge in [0, 0.05) is 24.9 Å². The maximum atomic E-state index is 12.6. The molecule has 1 aliphatic rings. The summed E-state index contributed by atoms with van der Waals surface area (Å²) in [5, 5.41) is 9.02. The Balaban J connectivity index is 2.33. The van der Waals surface area contributed by atoms with Crippen LogP contribution < -0.4 is 5.73 Å². The molecule has 1 atom stereocenters. The molecule has 1 aliphatic heterocycles. The summed E-state index contributed by atoms with van der Waals surface area (Å²) in [5.74, 6) is 0. The van der Waals surface area contributed by atoms with Gasteiger partial charge in [0.25, 0.3) is 0 Å². The van der Waals surface area contributed by atoms with Gasteiger partial charge in [0.15, 0.2) is 0 Å². The van der Waals surface area contributed by atoms with Gasteiger partial charge in [0.2, 0.25) is 10.0 Å². The molecule has 3 N–H and O–H groups in total. The minimum Gasteiger partial charge on any atom is -0.398 e. The molecule has 1 fully saturated rings. The first-order chi connectivity index (χ1) is 8.96. The molecule has 0 aliphatic carbocycles. The first kappa shape index (κ1) is 14.3. The number of hydrogen-bond acceptors (Lipinski definition) is 4. The number of rotatable bonds is 4. The van der Waals surface area contributed by atoms with Crippen LogP contribution in [0.15, 0.2) is 23.1 Å². The molecule has 0 radical (unpaired) electrons. The summed E-state index contributed by atoms with van der Waals surface area (Å²) in [4.78, 5) is 0.237. The van der Waals surface area contributed by atoms with Crippen LogP contribution in [0.1, 0.15) is 24.8 Å². The summed E-state index contributed by atoms with van der Waals surface area (Å²) in [7, 11) is -3.51. The number of nitrogens with zero attached hydrogens (tertiary/aromatic N) is 1. The fraction of sp³-hybridized carbons (Fsp3) is 0.538. The monoisotopic (exact) mass is 284 g/mol. The molecule has 0 bridgehead atoms. The Hall–Kier alpha value is -1.11. The van der Waals surface area contributed by atoms with E-state index in [1.807, 2.05) is 6.92 Å². The van der Waals surface area contributed by atoms with E-state index >= 15 is 0 Å². The predicted octanol–water partition coefficient (Wildman–Crippen LogP) is 1.11. The summed E-state index contributed by atoms with van der Waals surface area (Å²) in [5.41, 5.74) is 7.14. The Labute approximate surface area is 114 Å². The van der Waals surface area contributed by atoms with Crippen molar-refractivity contribution in [1.82, 2.24) is 4.31 Å². The number of aliphatic hydroxyl groups is 1. The van der Waals surface area contributed by atoms with Gasteiger partial charge in [-0.15, -0.1) is 0 Å². The Morgan fingerprint density at radius 2 is 2.21 bits per heavy atom. The predicted molar refractivity (Wildman–Crippen MR) is 74.2 cm³/mol. The van der Waals surface area contributed by atoms with Gasteiger partial charge in [-0.2, -0.15) is 4.31 Å². The topological polar surface area (TPSA) is 83.6 Å². The lowest BCUT2D eigenvalue weighted by Crippen LogP contribution is -2.36. The minimum absolute atomic E-state index is 0.00667. The third-order valence-electron chi connectivity index (χ3n) is 3.64. The molecule has 1 saturated heterocycles. The van der Waals surface area contributed by atoms with E-state index in [1.54, 1.807) is 12.1 Å². The van der Waals surface area contributed by atoms with Crippen LogP contribution >= 0.6 is 0 Å². The zero-order chi connectivity index (χ0) is 14.0. The molecule has 0 aromatic heterocycles. The summed E-state index contributed by atoms with van der Waals surface area (Å²) < 4.78 is 26.6. The summed E-state index contributed by atoms with van der Waals surface area (Å²) in [6.45, 7) is 2.36. The molecule has 2 rings (SSSR count). The highest BCUT2D eigenvalue weighted by atomic mass is 32.2. The first-order valence-electron chi connectivity index (χ1n) is 6.45. The zero-order valence-corrected chi connectivity index (χ0v) is 11.9. The summed E-state index contributed by atoms with van der Waals surface area (Å²) >= 11 is 0. The average molecular weight is 284 g/mol. The number of anilines is 1. The molecule has 0 spiro atoms. The van der Waals surface area contributed by atoms with Gasteiger partial charge in [0.05, 0.1) is 4.90 Å². The van der Waals surface area contributed by atoms with Crippen molar-refractivity contribution in [1.29, 1.82) is 0 Å². The number of benzene rings is 1. The number of aliphatic hydroxyl groups excluding tert-OH is 1. The lowest BCUT2D eigenvalue weighted by Gasteiger charge is -2.23. The van der Waals surface area contributed by atoms with Crippen LogP contribution in [0.3, 0.4) is 0 Å². The maximum Gasteiger partial charge on any atom is 0.243 e. The Morgan fingerprint density at radius 3 is 2.84 bits per heavy atom. The van der Waals surface area contributed by atoms with Crippen LogP contribution in [0.5, 0.6) is 0 Å². The molecular weight excluding hydrogens is 264 g/mol. The molecule has 5 nitrogen and oxygen atoms in total. The molecule has 1 heterocycles. The fourth-order valence-electron chi connectivity index (χ4n) is 2.48. The van der Waals surface area contributed by atoms with Gasteiger partial charge >= 0.3 is 0 Å². The Bertz CT molecular complexity index is 557. The van der Waals surface area contributed by atoms with Crippen molar-refractivity contribution in [2.75, 3.05) is 18.9 Å². The highest BCUT2D eigenvalue weighted by Gasteiger charge is 2.34. The standard InChI is InChI=1S/C13H20N2O3S/c1-10-4-5-12(9-13(10)14)19(17,18)15-7-2-3-11(15)6-8-16/h4-5,9,11,16H,2-3,6-8,14H2,1H3/t11-/m1/s1. The third kappa shape index (κ3) is 2.75. The lowest BCUT2D eigenvalue weighted by atomic mass is 10.2. The number of nitrogens with two attached hydrogens (primary N) is 1. The highest BCUT2D eigenvalue weighted by Crippen LogP contribution is 2.29. The van der Waals surface area contributed by atoms with Crippen LogP contribution in [0.4, 0.5) is 5.69 Å². The van der Waals surface area contributed by atoms with Gasteiger partial charge in [-0.25, -0.2) is 8.42 Å². The minimum atomic E-state index is -3.51. The fourth-order valence-corrected chi connectivity index (χ4v) is 4.24. The summed E-state index contributed by atoms with van der Waals surface area (Å²) in [6, 6.07) is 4.73. The van der Waals surface area contributed by atoms with E-state index in [2.05, 4.69) is 0 Å². The molecular formula is C13H20N2O3S. The Kier molecular flexibility index (Phi) is 4.13. The number of nitrogen functional groups attached to an aromatic ring is 1. The van der Waals surface area contributed by atoms with E-state index in [-0.39, 0.29) is 17.5 Å². The van der Waals surface area contributed by atoms with E-state index in [0.717, 1.165) is 18.4 Å². The molecule has 0 saturated carbocycles. The molecule has 19 heavy (non-hydrogen) atoms. The largest absolute Gasteiger partial charge is 0.398 e. The second-order valence-corrected chi connectivity index (χ2v) is 6.83. The van der Waals surface area contributed by atoms with Crippen LogP contribution in [-0.4, -0.2) is 37.0 Å². The van der Waals surface area contributed by atoms with Gasteiger partial charge < -0.3 is 10.8 Å². The molecule has 1 aromatic rings. The van der Waals surface area contributed by atoms with Crippen molar-refractivity contribution in [3.8, 4) is 0 Å². The van der Waals surface area contributed by atoms with Crippen molar-refractivity contribution in [3.05, 3.63) is 23.8 Å². The summed E-state index contributed by atoms with van der Waals surface area (Å²) in [6.07, 6.45) is 2.13. The molecule has 0 amide bonds. The molecule has 6 heteroatoms. The van der Waals surface area contributed by atoms with Crippen molar-refractivity contribution < 1.29 is 13.5 Å². The van der Waals surface area contributed by atoms with E-state index in [0.29, 0.717) is 18.7 Å². The van der Waals surface area contributed by atoms with Gasteiger partial charge in [-0.05, 0) is 43.9 Å². The van der Waals surface area contributed by atoms with E-state index in [4.69, 9.17) is 10.8 Å². The smallest absolute Gasteiger partial charge is 0.243 e. The van der Waals surface area contributed by atoms with Gasteiger partial charge in [0.1, 0.15) is 0 Å². The SMILES string of the molecule is Cc1ccc(S(=O)(=O)N2CCC[C@@H]2CCO)cc1N. The Morgan fingerprint density at radius 1 is 1.47 bits per heavy atom. The van der Waals surface area contributed by atoms with Crippen LogP contribution in [0, 0.1) is 6.92 Å². The average Bonchev–Trinajstić information content (AvgIpc) is 2.82. The maximum absolute atomic E-state index is 12.6. The third-order valence-corrected chi connectivity index (χ3v) is 5.59. The highest BCUT2D eigenvalue weighted by molar-refractivity contribution is 7.89. The first-order valence-corrected chi connectivity index (χ1v) is 7.89. The second-order valence-electron chi connectivity index (χ2n) is 4.94. The lowest BCUT2D eigenvalue weighted by molar-refractivity contribution is 0.246. The van der Waals surface area contributed by atoms with Crippen molar-refractivity contribution in [2.45, 2.75) is 37.1 Å². The van der Waals surface area contributed by atoms with E-state index in [1.165, 1.54) is 10.4 Å². The van der Waals surface area contributed by atoms with E-state index < -0.39 is 10.0 Å². The van der Waals surface area contributed by atoms with Crippen LogP contribution in [-0.2, 0) is 10.0 Å². The van der Waals surface area contributed by atoms with Crippen LogP contribution in [0.2, 0.25) is 0 Å². The van der Waals surface area contributed by atoms with E-state index in [9.17, 15) is 8.42 Å². The molecule has 1 aromatic carbocycles. The molecule has 106 valence electrons. The second kappa shape index (κ2) is 5.48. The van der Waals surface area contributed by atoms with Crippen molar-refractivity contribution in [2.24, 2.45) is 0 Å². The normalized spacial score (nSPS) is 20.8.